The van der Waals surface area contributed by atoms with Crippen molar-refractivity contribution in [3.05, 3.63) is 0 Å². The van der Waals surface area contributed by atoms with Crippen molar-refractivity contribution in [1.29, 1.82) is 0 Å². The predicted octanol–water partition coefficient (Wildman–Crippen LogP) is -0.689. The minimum absolute atomic E-state index is 0.0194. The summed E-state index contributed by atoms with van der Waals surface area (Å²) in [6.45, 7) is 0. The molecule has 0 spiro atoms. The summed E-state index contributed by atoms with van der Waals surface area (Å²) in [5, 5.41) is 16.2. The highest BCUT2D eigenvalue weighted by molar-refractivity contribution is 6.12. The lowest BCUT2D eigenvalue weighted by molar-refractivity contribution is 0.199. The van der Waals surface area contributed by atoms with Crippen LogP contribution in [0.1, 0.15) is 25.7 Å². The van der Waals surface area contributed by atoms with E-state index < -0.39 is 0 Å². The Bertz CT molecular complexity index is 480. The molecule has 2 unspecified atom stereocenters. The fourth-order valence-electron chi connectivity index (χ4n) is 3.94. The lowest BCUT2D eigenvalue weighted by atomic mass is 9.54. The molecule has 4 bridgehead atoms. The first-order valence-corrected chi connectivity index (χ1v) is 6.87. The average molecular weight is 276 g/mol. The van der Waals surface area contributed by atoms with E-state index in [0.29, 0.717) is 11.8 Å². The molecule has 8 nitrogen and oxygen atoms in total. The van der Waals surface area contributed by atoms with E-state index in [9.17, 15) is 0 Å². The molecule has 0 aromatic heterocycles. The second-order valence-corrected chi connectivity index (χ2v) is 5.85. The molecule has 108 valence electrons. The second kappa shape index (κ2) is 4.77. The Morgan fingerprint density at radius 3 is 1.70 bits per heavy atom. The number of nitrogens with two attached hydrogens (primary N) is 4. The van der Waals surface area contributed by atoms with Crippen molar-refractivity contribution in [1.82, 2.24) is 0 Å². The van der Waals surface area contributed by atoms with Gasteiger partial charge in [-0.1, -0.05) is 0 Å². The van der Waals surface area contributed by atoms with Gasteiger partial charge in [0.15, 0.2) is 0 Å². The van der Waals surface area contributed by atoms with Crippen LogP contribution in [-0.4, -0.2) is 23.3 Å². The van der Waals surface area contributed by atoms with E-state index in [0.717, 1.165) is 30.2 Å². The quantitative estimate of drug-likeness (QED) is 0.299. The van der Waals surface area contributed by atoms with Gasteiger partial charge in [0.05, 0.1) is 11.4 Å². The molecule has 0 aromatic carbocycles. The van der Waals surface area contributed by atoms with Gasteiger partial charge < -0.3 is 22.9 Å². The van der Waals surface area contributed by atoms with E-state index in [1.165, 1.54) is 12.8 Å². The number of guanidine groups is 2. The van der Waals surface area contributed by atoms with Crippen molar-refractivity contribution < 1.29 is 0 Å². The molecule has 4 aliphatic rings. The first-order valence-electron chi connectivity index (χ1n) is 6.87. The second-order valence-electron chi connectivity index (χ2n) is 5.85. The van der Waals surface area contributed by atoms with Crippen molar-refractivity contribution >= 4 is 23.3 Å². The van der Waals surface area contributed by atoms with Gasteiger partial charge in [-0.2, -0.15) is 10.2 Å². The van der Waals surface area contributed by atoms with Crippen LogP contribution in [0.2, 0.25) is 0 Å². The van der Waals surface area contributed by atoms with Crippen LogP contribution in [0.15, 0.2) is 20.4 Å². The summed E-state index contributed by atoms with van der Waals surface area (Å²) in [5.41, 5.74) is 23.5. The maximum atomic E-state index is 5.36. The van der Waals surface area contributed by atoms with E-state index in [-0.39, 0.29) is 17.8 Å². The van der Waals surface area contributed by atoms with E-state index in [1.54, 1.807) is 0 Å². The van der Waals surface area contributed by atoms with Crippen LogP contribution in [0.5, 0.6) is 0 Å². The molecule has 0 amide bonds. The summed E-state index contributed by atoms with van der Waals surface area (Å²) in [6, 6.07) is 0. The highest BCUT2D eigenvalue weighted by Gasteiger charge is 2.50. The van der Waals surface area contributed by atoms with Gasteiger partial charge in [0.2, 0.25) is 11.9 Å². The molecule has 20 heavy (non-hydrogen) atoms. The summed E-state index contributed by atoms with van der Waals surface area (Å²) < 4.78 is 0. The van der Waals surface area contributed by atoms with Gasteiger partial charge in [-0.3, -0.25) is 0 Å². The van der Waals surface area contributed by atoms with Crippen molar-refractivity contribution in [2.24, 2.45) is 67.0 Å². The van der Waals surface area contributed by atoms with Crippen LogP contribution in [0.4, 0.5) is 0 Å². The minimum atomic E-state index is -0.0194. The first-order chi connectivity index (χ1) is 9.54. The first kappa shape index (κ1) is 12.9. The number of hydrogen-bond acceptors (Lipinski definition) is 4. The summed E-state index contributed by atoms with van der Waals surface area (Å²) in [7, 11) is 0. The highest BCUT2D eigenvalue weighted by atomic mass is 15.3. The van der Waals surface area contributed by atoms with Gasteiger partial charge >= 0.3 is 0 Å². The van der Waals surface area contributed by atoms with Crippen LogP contribution >= 0.6 is 0 Å². The Morgan fingerprint density at radius 1 is 0.750 bits per heavy atom. The van der Waals surface area contributed by atoms with E-state index in [4.69, 9.17) is 22.9 Å². The van der Waals surface area contributed by atoms with E-state index >= 15 is 0 Å². The fourth-order valence-corrected chi connectivity index (χ4v) is 3.94. The van der Waals surface area contributed by atoms with E-state index in [1.807, 2.05) is 0 Å². The van der Waals surface area contributed by atoms with Crippen LogP contribution in [-0.2, 0) is 0 Å². The summed E-state index contributed by atoms with van der Waals surface area (Å²) in [4.78, 5) is 0. The maximum absolute atomic E-state index is 5.36. The molecule has 4 fully saturated rings. The van der Waals surface area contributed by atoms with Crippen molar-refractivity contribution in [2.45, 2.75) is 25.7 Å². The van der Waals surface area contributed by atoms with Gasteiger partial charge in [0.1, 0.15) is 0 Å². The average Bonchev–Trinajstić information content (AvgIpc) is 2.36. The molecule has 8 heteroatoms. The van der Waals surface area contributed by atoms with Crippen LogP contribution in [0.3, 0.4) is 0 Å². The zero-order chi connectivity index (χ0) is 14.3. The number of hydrogen-bond donors (Lipinski definition) is 4. The monoisotopic (exact) mass is 276 g/mol. The normalized spacial score (nSPS) is 38.2. The minimum Gasteiger partial charge on any atom is -0.369 e. The number of nitrogens with zero attached hydrogens (tertiary/aromatic N) is 4. The van der Waals surface area contributed by atoms with Crippen LogP contribution in [0.25, 0.3) is 0 Å². The molecule has 0 radical (unpaired) electrons. The van der Waals surface area contributed by atoms with Crippen molar-refractivity contribution in [2.75, 3.05) is 0 Å². The molecule has 4 rings (SSSR count). The Balaban J connectivity index is 1.95. The van der Waals surface area contributed by atoms with Gasteiger partial charge in [0, 0.05) is 17.8 Å². The Kier molecular flexibility index (Phi) is 3.07. The van der Waals surface area contributed by atoms with Crippen molar-refractivity contribution in [3.63, 3.8) is 0 Å². The molecular weight excluding hydrogens is 256 g/mol. The van der Waals surface area contributed by atoms with Crippen LogP contribution < -0.4 is 22.9 Å². The topological polar surface area (TPSA) is 154 Å². The summed E-state index contributed by atoms with van der Waals surface area (Å²) in [5.74, 6) is 1.85. The van der Waals surface area contributed by atoms with Gasteiger partial charge in [0.25, 0.3) is 0 Å². The molecule has 4 aliphatic carbocycles. The van der Waals surface area contributed by atoms with Gasteiger partial charge in [-0.15, -0.1) is 10.2 Å². The SMILES string of the molecule is NC(N)=NN=C1C2CC3CC(C2)C(=NN=C(N)N)C1C3. The third-order valence-electron chi connectivity index (χ3n) is 4.49. The zero-order valence-corrected chi connectivity index (χ0v) is 11.2. The Labute approximate surface area is 117 Å². The molecule has 0 heterocycles. The fraction of sp³-hybridized carbons (Fsp3) is 0.667. The molecular formula is C12H20N8. The van der Waals surface area contributed by atoms with Gasteiger partial charge in [-0.25, -0.2) is 0 Å². The summed E-state index contributed by atoms with van der Waals surface area (Å²) >= 11 is 0. The predicted molar refractivity (Wildman–Crippen MR) is 78.9 cm³/mol. The smallest absolute Gasteiger partial charge is 0.211 e. The molecule has 0 saturated heterocycles. The lowest BCUT2D eigenvalue weighted by Crippen LogP contribution is -2.51. The maximum Gasteiger partial charge on any atom is 0.211 e. The molecule has 4 saturated carbocycles. The highest BCUT2D eigenvalue weighted by Crippen LogP contribution is 2.51. The van der Waals surface area contributed by atoms with E-state index in [2.05, 4.69) is 20.4 Å². The third-order valence-corrected chi connectivity index (χ3v) is 4.49. The summed E-state index contributed by atoms with van der Waals surface area (Å²) in [6.07, 6.45) is 4.46. The third kappa shape index (κ3) is 2.21. The zero-order valence-electron chi connectivity index (χ0n) is 11.2. The lowest BCUT2D eigenvalue weighted by Gasteiger charge is -2.50. The molecule has 8 N–H and O–H groups in total. The molecule has 2 atom stereocenters. The Hall–Kier alpha value is -2.12. The largest absolute Gasteiger partial charge is 0.369 e. The Morgan fingerprint density at radius 2 is 1.25 bits per heavy atom. The number of rotatable bonds is 2. The van der Waals surface area contributed by atoms with Gasteiger partial charge in [-0.05, 0) is 31.6 Å². The molecule has 0 aromatic rings. The molecule has 0 aliphatic heterocycles. The van der Waals surface area contributed by atoms with Crippen molar-refractivity contribution in [3.8, 4) is 0 Å². The standard InChI is InChI=1S/C12H20N8/c13-11(14)19-17-9-6-1-5-2-7(4-6)10(8(9)3-5)18-20-12(15)16/h5-8H,1-4H2,(H4,13,14,19)(H4,15,16,20). The van der Waals surface area contributed by atoms with Crippen LogP contribution in [0, 0.1) is 23.7 Å².